The number of nitrogens with zero attached hydrogens (tertiary/aromatic N) is 1. The second kappa shape index (κ2) is 7.40. The van der Waals surface area contributed by atoms with Crippen LogP contribution in [-0.4, -0.2) is 25.4 Å². The zero-order chi connectivity index (χ0) is 19.6. The molecule has 0 unspecified atom stereocenters. The van der Waals surface area contributed by atoms with E-state index in [-0.39, 0.29) is 11.6 Å². The number of carbonyl (C=O) groups excluding carboxylic acids is 1. The molecule has 6 nitrogen and oxygen atoms in total. The zero-order valence-corrected chi connectivity index (χ0v) is 14.1. The van der Waals surface area contributed by atoms with Crippen LogP contribution in [0.1, 0.15) is 0 Å². The molecule has 0 bridgehead atoms. The number of rotatable bonds is 4. The van der Waals surface area contributed by atoms with Crippen molar-refractivity contribution in [3.05, 3.63) is 53.8 Å². The monoisotopic (exact) mass is 379 g/mol. The first-order valence-corrected chi connectivity index (χ1v) is 7.49. The molecule has 9 heteroatoms. The number of methoxy groups -OCH3 is 2. The van der Waals surface area contributed by atoms with Gasteiger partial charge in [0.15, 0.2) is 17.3 Å². The van der Waals surface area contributed by atoms with E-state index in [1.807, 2.05) is 0 Å². The van der Waals surface area contributed by atoms with Gasteiger partial charge in [-0.15, -0.1) is 0 Å². The number of pyridine rings is 1. The van der Waals surface area contributed by atoms with Gasteiger partial charge in [0, 0.05) is 17.5 Å². The third kappa shape index (κ3) is 3.71. The molecule has 0 saturated carbocycles. The molecule has 0 fully saturated rings. The summed E-state index contributed by atoms with van der Waals surface area (Å²) < 4.78 is 60.4. The van der Waals surface area contributed by atoms with E-state index < -0.39 is 35.1 Å². The molecular formula is C18H12F3NO5. The summed E-state index contributed by atoms with van der Waals surface area (Å²) in [6.45, 7) is 0. The van der Waals surface area contributed by atoms with Gasteiger partial charge < -0.3 is 18.9 Å². The van der Waals surface area contributed by atoms with Crippen LogP contribution in [0.3, 0.4) is 0 Å². The molecule has 1 aromatic heterocycles. The maximum Gasteiger partial charge on any atom is 0.514 e. The summed E-state index contributed by atoms with van der Waals surface area (Å²) in [4.78, 5) is 15.2. The maximum atomic E-state index is 14.0. The molecule has 0 aliphatic rings. The molecule has 0 aliphatic heterocycles. The molecule has 0 saturated heterocycles. The Morgan fingerprint density at radius 3 is 2.48 bits per heavy atom. The highest BCUT2D eigenvalue weighted by Crippen LogP contribution is 2.34. The smallest absolute Gasteiger partial charge is 0.491 e. The fourth-order valence-corrected chi connectivity index (χ4v) is 2.28. The highest BCUT2D eigenvalue weighted by Gasteiger charge is 2.21. The molecule has 0 spiro atoms. The van der Waals surface area contributed by atoms with Crippen LogP contribution in [0.25, 0.3) is 10.9 Å². The third-order valence-corrected chi connectivity index (χ3v) is 3.50. The summed E-state index contributed by atoms with van der Waals surface area (Å²) in [6.07, 6.45) is -0.916. The van der Waals surface area contributed by atoms with E-state index in [2.05, 4.69) is 14.5 Å². The lowest BCUT2D eigenvalue weighted by Crippen LogP contribution is -2.08. The molecule has 1 heterocycles. The summed E-state index contributed by atoms with van der Waals surface area (Å²) in [5.41, 5.74) is 0.441. The number of ether oxygens (including phenoxy) is 4. The zero-order valence-electron chi connectivity index (χ0n) is 14.1. The summed E-state index contributed by atoms with van der Waals surface area (Å²) in [6, 6.07) is 8.06. The Morgan fingerprint density at radius 1 is 1.00 bits per heavy atom. The second-order valence-corrected chi connectivity index (χ2v) is 5.18. The Labute approximate surface area is 151 Å². The highest BCUT2D eigenvalue weighted by molar-refractivity contribution is 5.81. The van der Waals surface area contributed by atoms with Crippen LogP contribution in [0.15, 0.2) is 36.4 Å². The van der Waals surface area contributed by atoms with Gasteiger partial charge in [0.25, 0.3) is 0 Å². The van der Waals surface area contributed by atoms with Gasteiger partial charge in [-0.05, 0) is 24.3 Å². The number of aromatic nitrogens is 1. The van der Waals surface area contributed by atoms with Crippen molar-refractivity contribution in [1.82, 2.24) is 4.98 Å². The third-order valence-electron chi connectivity index (χ3n) is 3.50. The van der Waals surface area contributed by atoms with Crippen LogP contribution in [0, 0.1) is 17.5 Å². The van der Waals surface area contributed by atoms with Gasteiger partial charge in [0.2, 0.25) is 17.5 Å². The van der Waals surface area contributed by atoms with Gasteiger partial charge in [-0.25, -0.2) is 14.2 Å². The standard InChI is InChI=1S/C18H12F3NO5/c1-24-17-11(19)8-13(15(20)16(17)21)26-10-4-5-12-9(7-10)3-6-14(22-12)27-18(23)25-2/h3-8H,1-2H3. The van der Waals surface area contributed by atoms with Crippen LogP contribution >= 0.6 is 0 Å². The Hall–Kier alpha value is -3.49. The molecule has 27 heavy (non-hydrogen) atoms. The predicted octanol–water partition coefficient (Wildman–Crippen LogP) is 4.60. The first kappa shape index (κ1) is 18.3. The van der Waals surface area contributed by atoms with E-state index in [9.17, 15) is 18.0 Å². The van der Waals surface area contributed by atoms with Gasteiger partial charge in [-0.2, -0.15) is 8.78 Å². The second-order valence-electron chi connectivity index (χ2n) is 5.18. The van der Waals surface area contributed by atoms with Gasteiger partial charge in [-0.1, -0.05) is 0 Å². The Kier molecular flexibility index (Phi) is 5.02. The molecule has 2 aromatic carbocycles. The highest BCUT2D eigenvalue weighted by atomic mass is 19.2. The maximum absolute atomic E-state index is 14.0. The van der Waals surface area contributed by atoms with Crippen molar-refractivity contribution in [2.45, 2.75) is 0 Å². The van der Waals surface area contributed by atoms with E-state index in [4.69, 9.17) is 9.47 Å². The lowest BCUT2D eigenvalue weighted by Gasteiger charge is -2.11. The van der Waals surface area contributed by atoms with Crippen LogP contribution in [0.2, 0.25) is 0 Å². The van der Waals surface area contributed by atoms with Crippen molar-refractivity contribution in [2.75, 3.05) is 14.2 Å². The average Bonchev–Trinajstić information content (AvgIpc) is 2.66. The van der Waals surface area contributed by atoms with Crippen molar-refractivity contribution >= 4 is 17.1 Å². The largest absolute Gasteiger partial charge is 0.514 e. The first-order valence-electron chi connectivity index (χ1n) is 7.49. The lowest BCUT2D eigenvalue weighted by molar-refractivity contribution is 0.120. The SMILES string of the molecule is COC(=O)Oc1ccc2cc(Oc3cc(F)c(OC)c(F)c3F)ccc2n1. The normalized spacial score (nSPS) is 10.6. The average molecular weight is 379 g/mol. The Bertz CT molecular complexity index is 1030. The van der Waals surface area contributed by atoms with Crippen LogP contribution in [0.4, 0.5) is 18.0 Å². The van der Waals surface area contributed by atoms with E-state index >= 15 is 0 Å². The Morgan fingerprint density at radius 2 is 1.78 bits per heavy atom. The van der Waals surface area contributed by atoms with E-state index in [1.165, 1.54) is 24.3 Å². The van der Waals surface area contributed by atoms with Crippen molar-refractivity contribution in [2.24, 2.45) is 0 Å². The fourth-order valence-electron chi connectivity index (χ4n) is 2.28. The molecule has 0 amide bonds. The number of carbonyl (C=O) groups is 1. The minimum atomic E-state index is -1.49. The van der Waals surface area contributed by atoms with E-state index in [0.29, 0.717) is 17.0 Å². The van der Waals surface area contributed by atoms with Crippen LogP contribution in [0.5, 0.6) is 23.1 Å². The molecule has 3 aromatic rings. The van der Waals surface area contributed by atoms with Gasteiger partial charge in [-0.3, -0.25) is 0 Å². The number of benzene rings is 2. The van der Waals surface area contributed by atoms with Crippen molar-refractivity contribution in [3.63, 3.8) is 0 Å². The number of hydrogen-bond donors (Lipinski definition) is 0. The topological polar surface area (TPSA) is 66.9 Å². The summed E-state index contributed by atoms with van der Waals surface area (Å²) in [5.74, 6) is -5.29. The molecule has 140 valence electrons. The summed E-state index contributed by atoms with van der Waals surface area (Å²) in [5, 5.41) is 0.555. The predicted molar refractivity (Wildman–Crippen MR) is 87.7 cm³/mol. The minimum absolute atomic E-state index is 0.0216. The number of fused-ring (bicyclic) bond motifs is 1. The fraction of sp³-hybridized carbons (Fsp3) is 0.111. The molecule has 0 atom stereocenters. The molecule has 0 radical (unpaired) electrons. The number of halogens is 3. The molecule has 0 aliphatic carbocycles. The van der Waals surface area contributed by atoms with Crippen molar-refractivity contribution in [3.8, 4) is 23.1 Å². The van der Waals surface area contributed by atoms with E-state index in [0.717, 1.165) is 14.2 Å². The van der Waals surface area contributed by atoms with Crippen molar-refractivity contribution in [1.29, 1.82) is 0 Å². The van der Waals surface area contributed by atoms with Gasteiger partial charge >= 0.3 is 6.16 Å². The molecule has 3 rings (SSSR count). The summed E-state index contributed by atoms with van der Waals surface area (Å²) >= 11 is 0. The molecular weight excluding hydrogens is 367 g/mol. The molecule has 0 N–H and O–H groups in total. The first-order chi connectivity index (χ1) is 12.9. The van der Waals surface area contributed by atoms with Crippen LogP contribution < -0.4 is 14.2 Å². The minimum Gasteiger partial charge on any atom is -0.491 e. The quantitative estimate of drug-likeness (QED) is 0.488. The van der Waals surface area contributed by atoms with Crippen molar-refractivity contribution < 1.29 is 36.9 Å². The Balaban J connectivity index is 1.90. The van der Waals surface area contributed by atoms with E-state index in [1.54, 1.807) is 6.07 Å². The van der Waals surface area contributed by atoms with Gasteiger partial charge in [0.1, 0.15) is 5.75 Å². The van der Waals surface area contributed by atoms with Gasteiger partial charge in [0.05, 0.1) is 19.7 Å². The summed E-state index contributed by atoms with van der Waals surface area (Å²) in [7, 11) is 2.19. The lowest BCUT2D eigenvalue weighted by atomic mass is 10.2. The number of hydrogen-bond acceptors (Lipinski definition) is 6. The van der Waals surface area contributed by atoms with Crippen LogP contribution in [-0.2, 0) is 4.74 Å².